The molecule has 0 spiro atoms. The maximum absolute atomic E-state index is 13.9. The lowest BCUT2D eigenvalue weighted by Crippen LogP contribution is -2.46. The number of pyridine rings is 1. The molecule has 11 heteroatoms. The fraction of sp³-hybridized carbons (Fsp3) is 0.320. The van der Waals surface area contributed by atoms with E-state index in [9.17, 15) is 19.5 Å². The predicted molar refractivity (Wildman–Crippen MR) is 135 cm³/mol. The molecular formula is C25H28N6O4S. The van der Waals surface area contributed by atoms with Crippen LogP contribution in [0, 0.1) is 0 Å². The molecule has 4 rings (SSSR count). The molecule has 2 aromatic heterocycles. The average molecular weight is 509 g/mol. The van der Waals surface area contributed by atoms with Crippen molar-refractivity contribution in [3.63, 3.8) is 0 Å². The van der Waals surface area contributed by atoms with E-state index in [1.54, 1.807) is 36.7 Å². The molecule has 6 N–H and O–H groups in total. The molecule has 36 heavy (non-hydrogen) atoms. The number of rotatable bonds is 8. The maximum Gasteiger partial charge on any atom is 0.270 e. The number of benzene rings is 1. The van der Waals surface area contributed by atoms with Gasteiger partial charge in [-0.25, -0.2) is 0 Å². The van der Waals surface area contributed by atoms with Crippen LogP contribution in [0.4, 0.5) is 5.69 Å². The lowest BCUT2D eigenvalue weighted by atomic mass is 9.94. The molecule has 1 fully saturated rings. The van der Waals surface area contributed by atoms with E-state index >= 15 is 0 Å². The summed E-state index contributed by atoms with van der Waals surface area (Å²) in [5.41, 5.74) is 12.3. The summed E-state index contributed by atoms with van der Waals surface area (Å²) in [5.74, 6) is -1.72. The van der Waals surface area contributed by atoms with E-state index in [1.807, 2.05) is 0 Å². The highest BCUT2D eigenvalue weighted by molar-refractivity contribution is 7.09. The number of nitrogens with one attached hydrogen (secondary N) is 1. The van der Waals surface area contributed by atoms with Gasteiger partial charge in [-0.3, -0.25) is 19.4 Å². The van der Waals surface area contributed by atoms with Crippen molar-refractivity contribution in [3.05, 3.63) is 70.5 Å². The lowest BCUT2D eigenvalue weighted by molar-refractivity contribution is -0.127. The molecule has 1 saturated carbocycles. The Labute approximate surface area is 212 Å². The molecule has 3 aromatic rings. The average Bonchev–Trinajstić information content (AvgIpc) is 3.27. The minimum absolute atomic E-state index is 0.0103. The van der Waals surface area contributed by atoms with Crippen molar-refractivity contribution in [3.8, 4) is 5.75 Å². The van der Waals surface area contributed by atoms with Crippen LogP contribution in [0.25, 0.3) is 0 Å². The second-order valence-corrected chi connectivity index (χ2v) is 9.54. The minimum Gasteiger partial charge on any atom is -0.508 e. The highest BCUT2D eigenvalue weighted by atomic mass is 32.1. The zero-order chi connectivity index (χ0) is 25.7. The van der Waals surface area contributed by atoms with Gasteiger partial charge in [-0.2, -0.15) is 4.37 Å². The summed E-state index contributed by atoms with van der Waals surface area (Å²) in [6, 6.07) is 8.65. The van der Waals surface area contributed by atoms with Crippen LogP contribution in [0.5, 0.6) is 5.75 Å². The molecular weight excluding hydrogens is 480 g/mol. The smallest absolute Gasteiger partial charge is 0.270 e. The van der Waals surface area contributed by atoms with E-state index in [1.165, 1.54) is 17.0 Å². The van der Waals surface area contributed by atoms with Crippen LogP contribution in [0.2, 0.25) is 0 Å². The van der Waals surface area contributed by atoms with Crippen molar-refractivity contribution in [2.75, 3.05) is 5.73 Å². The van der Waals surface area contributed by atoms with E-state index in [2.05, 4.69) is 14.7 Å². The topological polar surface area (TPSA) is 165 Å². The van der Waals surface area contributed by atoms with E-state index < -0.39 is 17.9 Å². The number of aromatic hydroxyl groups is 1. The number of amides is 3. The van der Waals surface area contributed by atoms with Crippen LogP contribution in [0.15, 0.2) is 48.8 Å². The summed E-state index contributed by atoms with van der Waals surface area (Å²) in [4.78, 5) is 44.9. The third-order valence-electron chi connectivity index (χ3n) is 6.21. The highest BCUT2D eigenvalue weighted by Crippen LogP contribution is 2.31. The summed E-state index contributed by atoms with van der Waals surface area (Å²) >= 11 is 0.760. The largest absolute Gasteiger partial charge is 0.508 e. The van der Waals surface area contributed by atoms with E-state index in [0.29, 0.717) is 11.1 Å². The molecule has 3 amide bonds. The number of nitrogens with two attached hydrogens (primary N) is 2. The quantitative estimate of drug-likeness (QED) is 0.363. The van der Waals surface area contributed by atoms with E-state index in [0.717, 1.165) is 43.6 Å². The molecule has 0 aliphatic heterocycles. The molecule has 1 aliphatic rings. The number of hydrogen-bond acceptors (Lipinski definition) is 8. The predicted octanol–water partition coefficient (Wildman–Crippen LogP) is 2.76. The second-order valence-electron chi connectivity index (χ2n) is 8.77. The molecule has 1 aliphatic carbocycles. The van der Waals surface area contributed by atoms with Gasteiger partial charge < -0.3 is 26.8 Å². The van der Waals surface area contributed by atoms with E-state index in [-0.39, 0.29) is 40.5 Å². The van der Waals surface area contributed by atoms with Gasteiger partial charge in [0.2, 0.25) is 5.91 Å². The molecule has 1 atom stereocenters. The fourth-order valence-corrected chi connectivity index (χ4v) is 5.15. The molecule has 0 saturated heterocycles. The number of aromatic nitrogens is 2. The summed E-state index contributed by atoms with van der Waals surface area (Å²) in [7, 11) is 0. The zero-order valence-corrected chi connectivity index (χ0v) is 20.4. The Bertz CT molecular complexity index is 1230. The summed E-state index contributed by atoms with van der Waals surface area (Å²) in [6.45, 7) is 0.0412. The van der Waals surface area contributed by atoms with Crippen LogP contribution in [0.3, 0.4) is 0 Å². The number of phenolic OH excluding ortho intramolecular Hbond substituents is 1. The Morgan fingerprint density at radius 2 is 1.86 bits per heavy atom. The van der Waals surface area contributed by atoms with Crippen molar-refractivity contribution < 1.29 is 19.5 Å². The minimum atomic E-state index is -1.04. The second kappa shape index (κ2) is 11.2. The third-order valence-corrected chi connectivity index (χ3v) is 7.06. The number of nitrogens with zero attached hydrogens (tertiary/aromatic N) is 3. The van der Waals surface area contributed by atoms with Crippen LogP contribution in [0.1, 0.15) is 69.4 Å². The number of carbonyl (C=O) groups excluding carboxylic acids is 3. The first-order valence-electron chi connectivity index (χ1n) is 11.7. The Morgan fingerprint density at radius 3 is 2.47 bits per heavy atom. The summed E-state index contributed by atoms with van der Waals surface area (Å²) < 4.78 is 3.96. The monoisotopic (exact) mass is 508 g/mol. The molecule has 2 heterocycles. The van der Waals surface area contributed by atoms with Gasteiger partial charge in [0.15, 0.2) is 5.69 Å². The molecule has 0 bridgehead atoms. The summed E-state index contributed by atoms with van der Waals surface area (Å²) in [5, 5.41) is 12.9. The molecule has 188 valence electrons. The Balaban J connectivity index is 1.77. The van der Waals surface area contributed by atoms with Gasteiger partial charge >= 0.3 is 0 Å². The molecule has 1 aromatic carbocycles. The van der Waals surface area contributed by atoms with Gasteiger partial charge in [0, 0.05) is 25.0 Å². The lowest BCUT2D eigenvalue weighted by Gasteiger charge is -2.33. The van der Waals surface area contributed by atoms with Crippen molar-refractivity contribution in [1.82, 2.24) is 19.6 Å². The third kappa shape index (κ3) is 5.62. The molecule has 0 unspecified atom stereocenters. The first kappa shape index (κ1) is 25.1. The van der Waals surface area contributed by atoms with Crippen LogP contribution in [-0.2, 0) is 11.3 Å². The summed E-state index contributed by atoms with van der Waals surface area (Å²) in [6.07, 6.45) is 8.15. The standard InChI is InChI=1S/C25H28N6O4S/c26-19-20(23(27)33)30-36-22(19)25(35)31(14-15-5-4-12-28-13-15)21(16-8-10-18(32)11-9-16)24(34)29-17-6-2-1-3-7-17/h4-5,8-13,17,21,32H,1-3,6-7,14,26H2,(H2,27,33)(H,29,34)/t21-/m0/s1. The normalized spacial score (nSPS) is 14.7. The van der Waals surface area contributed by atoms with Gasteiger partial charge in [-0.1, -0.05) is 37.5 Å². The van der Waals surface area contributed by atoms with E-state index in [4.69, 9.17) is 11.5 Å². The number of hydrogen-bond donors (Lipinski definition) is 4. The van der Waals surface area contributed by atoms with Crippen molar-refractivity contribution >= 4 is 34.9 Å². The SMILES string of the molecule is NC(=O)c1nsc(C(=O)N(Cc2cccnc2)[C@H](C(=O)NC2CCCCC2)c2ccc(O)cc2)c1N. The highest BCUT2D eigenvalue weighted by Gasteiger charge is 2.36. The Hall–Kier alpha value is -3.99. The Kier molecular flexibility index (Phi) is 7.79. The van der Waals surface area contributed by atoms with Gasteiger partial charge in [-0.05, 0) is 53.7 Å². The van der Waals surface area contributed by atoms with Crippen LogP contribution >= 0.6 is 11.5 Å². The van der Waals surface area contributed by atoms with Crippen molar-refractivity contribution in [2.45, 2.75) is 50.7 Å². The maximum atomic E-state index is 13.9. The van der Waals surface area contributed by atoms with Gasteiger partial charge in [-0.15, -0.1) is 0 Å². The van der Waals surface area contributed by atoms with Crippen molar-refractivity contribution in [1.29, 1.82) is 0 Å². The first-order valence-corrected chi connectivity index (χ1v) is 12.5. The first-order chi connectivity index (χ1) is 17.3. The number of nitrogen functional groups attached to an aromatic ring is 1. The number of carbonyl (C=O) groups is 3. The van der Waals surface area contributed by atoms with Gasteiger partial charge in [0.1, 0.15) is 16.7 Å². The van der Waals surface area contributed by atoms with Gasteiger partial charge in [0.05, 0.1) is 5.69 Å². The Morgan fingerprint density at radius 1 is 1.14 bits per heavy atom. The van der Waals surface area contributed by atoms with Crippen LogP contribution < -0.4 is 16.8 Å². The zero-order valence-electron chi connectivity index (χ0n) is 19.6. The molecule has 0 radical (unpaired) electrons. The number of phenols is 1. The number of anilines is 1. The van der Waals surface area contributed by atoms with Crippen molar-refractivity contribution in [2.24, 2.45) is 5.73 Å². The van der Waals surface area contributed by atoms with Crippen LogP contribution in [-0.4, -0.2) is 43.1 Å². The van der Waals surface area contributed by atoms with Gasteiger partial charge in [0.25, 0.3) is 11.8 Å². The fourth-order valence-electron chi connectivity index (χ4n) is 4.38. The number of primary amides is 1. The molecule has 10 nitrogen and oxygen atoms in total.